The molecular weight excluding hydrogens is 604 g/mol. The minimum Gasteiger partial charge on any atom is -0.480 e. The summed E-state index contributed by atoms with van der Waals surface area (Å²) in [5.74, 6) is -1.63. The molecular formula is C35H40N4O8. The summed E-state index contributed by atoms with van der Waals surface area (Å²) in [5.41, 5.74) is 3.58. The zero-order chi connectivity index (χ0) is 34.4. The molecule has 12 heteroatoms. The van der Waals surface area contributed by atoms with Crippen molar-refractivity contribution in [3.63, 3.8) is 0 Å². The summed E-state index contributed by atoms with van der Waals surface area (Å²) in [5, 5.41) is 17.1. The molecule has 1 aliphatic carbocycles. The van der Waals surface area contributed by atoms with Gasteiger partial charge in [-0.25, -0.2) is 24.2 Å². The SMILES string of the molecule is CC(C)(C)OC(=O)NC(=Nc1ccc(CC(NC(=O)OCC2c3ccccc3-c3ccccc32)C(=O)O)cc1)NC(=O)OC(C)(C)C. The number of carboxylic acids is 1. The van der Waals surface area contributed by atoms with Crippen molar-refractivity contribution in [1.29, 1.82) is 0 Å². The molecule has 3 aromatic carbocycles. The maximum absolute atomic E-state index is 12.7. The van der Waals surface area contributed by atoms with Gasteiger partial charge < -0.3 is 24.6 Å². The second-order valence-corrected chi connectivity index (χ2v) is 12.9. The molecule has 3 amide bonds. The third kappa shape index (κ3) is 10.1. The molecule has 0 bridgehead atoms. The van der Waals surface area contributed by atoms with Gasteiger partial charge in [-0.15, -0.1) is 0 Å². The fourth-order valence-corrected chi connectivity index (χ4v) is 4.94. The second-order valence-electron chi connectivity index (χ2n) is 12.9. The van der Waals surface area contributed by atoms with Crippen molar-refractivity contribution in [2.75, 3.05) is 6.61 Å². The van der Waals surface area contributed by atoms with Crippen LogP contribution in [0.1, 0.15) is 64.2 Å². The number of aliphatic carboxylic acids is 1. The monoisotopic (exact) mass is 644 g/mol. The summed E-state index contributed by atoms with van der Waals surface area (Å²) in [6, 6.07) is 20.9. The molecule has 0 aliphatic heterocycles. The smallest absolute Gasteiger partial charge is 0.414 e. The molecule has 3 aromatic rings. The average molecular weight is 645 g/mol. The molecule has 4 N–H and O–H groups in total. The summed E-state index contributed by atoms with van der Waals surface area (Å²) in [7, 11) is 0. The predicted octanol–water partition coefficient (Wildman–Crippen LogP) is 6.26. The van der Waals surface area contributed by atoms with Crippen LogP contribution in [0, 0.1) is 0 Å². The molecule has 47 heavy (non-hydrogen) atoms. The number of alkyl carbamates (subject to hydrolysis) is 3. The topological polar surface area (TPSA) is 165 Å². The van der Waals surface area contributed by atoms with E-state index in [1.807, 2.05) is 48.5 Å². The first-order valence-electron chi connectivity index (χ1n) is 15.1. The Morgan fingerprint density at radius 1 is 0.745 bits per heavy atom. The summed E-state index contributed by atoms with van der Waals surface area (Å²) >= 11 is 0. The minimum absolute atomic E-state index is 0.0390. The number of hydrogen-bond donors (Lipinski definition) is 4. The van der Waals surface area contributed by atoms with Crippen molar-refractivity contribution in [3.8, 4) is 11.1 Å². The molecule has 4 rings (SSSR count). The second kappa shape index (κ2) is 14.4. The van der Waals surface area contributed by atoms with E-state index in [1.54, 1.807) is 65.8 Å². The van der Waals surface area contributed by atoms with E-state index in [9.17, 15) is 24.3 Å². The van der Waals surface area contributed by atoms with Crippen LogP contribution in [0.25, 0.3) is 11.1 Å². The van der Waals surface area contributed by atoms with Gasteiger partial charge in [0.15, 0.2) is 0 Å². The Kier molecular flexibility index (Phi) is 10.5. The number of carbonyl (C=O) groups excluding carboxylic acids is 3. The molecule has 12 nitrogen and oxygen atoms in total. The van der Waals surface area contributed by atoms with E-state index in [2.05, 4.69) is 20.9 Å². The minimum atomic E-state index is -1.27. The predicted molar refractivity (Wildman–Crippen MR) is 176 cm³/mol. The van der Waals surface area contributed by atoms with Gasteiger partial charge in [0.1, 0.15) is 23.9 Å². The fraction of sp³-hybridized carbons (Fsp3) is 0.343. The molecule has 0 saturated heterocycles. The number of aliphatic imine (C=N–C) groups is 1. The van der Waals surface area contributed by atoms with E-state index < -0.39 is 41.5 Å². The van der Waals surface area contributed by atoms with Crippen LogP contribution in [0.5, 0.6) is 0 Å². The van der Waals surface area contributed by atoms with Gasteiger partial charge in [-0.3, -0.25) is 10.6 Å². The van der Waals surface area contributed by atoms with Crippen molar-refractivity contribution in [2.45, 2.75) is 71.1 Å². The van der Waals surface area contributed by atoms with E-state index in [0.29, 0.717) is 11.3 Å². The van der Waals surface area contributed by atoms with Gasteiger partial charge in [0, 0.05) is 12.3 Å². The van der Waals surface area contributed by atoms with Crippen LogP contribution in [-0.2, 0) is 25.4 Å². The standard InChI is InChI=1S/C35H40N4O8/c1-34(2,3)46-32(43)38-30(39-33(44)47-35(4,5)6)36-22-17-15-21(16-18-22)19-28(29(40)41)37-31(42)45-20-27-25-13-9-7-11-23(25)24-12-8-10-14-26(24)27/h7-18,27-28H,19-20H2,1-6H3,(H,37,42)(H,40,41)(H2,36,38,39,43,44). The van der Waals surface area contributed by atoms with Crippen LogP contribution in [-0.4, -0.2) is 59.2 Å². The van der Waals surface area contributed by atoms with Crippen LogP contribution in [0.2, 0.25) is 0 Å². The lowest BCUT2D eigenvalue weighted by Gasteiger charge is -2.22. The van der Waals surface area contributed by atoms with Gasteiger partial charge in [0.25, 0.3) is 0 Å². The van der Waals surface area contributed by atoms with Crippen molar-refractivity contribution < 1.29 is 38.5 Å². The maximum atomic E-state index is 12.7. The lowest BCUT2D eigenvalue weighted by atomic mass is 9.98. The first-order valence-corrected chi connectivity index (χ1v) is 15.1. The largest absolute Gasteiger partial charge is 0.480 e. The Morgan fingerprint density at radius 3 is 1.70 bits per heavy atom. The number of nitrogens with one attached hydrogen (secondary N) is 3. The van der Waals surface area contributed by atoms with Crippen LogP contribution in [0.3, 0.4) is 0 Å². The molecule has 0 aromatic heterocycles. The highest BCUT2D eigenvalue weighted by Gasteiger charge is 2.30. The molecule has 1 unspecified atom stereocenters. The van der Waals surface area contributed by atoms with Gasteiger partial charge >= 0.3 is 24.2 Å². The average Bonchev–Trinajstić information content (AvgIpc) is 3.28. The molecule has 248 valence electrons. The summed E-state index contributed by atoms with van der Waals surface area (Å²) < 4.78 is 16.0. The van der Waals surface area contributed by atoms with Gasteiger partial charge in [-0.1, -0.05) is 60.7 Å². The highest BCUT2D eigenvalue weighted by molar-refractivity contribution is 6.02. The first kappa shape index (κ1) is 34.5. The number of benzene rings is 3. The van der Waals surface area contributed by atoms with Gasteiger partial charge in [-0.05, 0) is 81.5 Å². The number of carboxylic acid groups (broad SMARTS) is 1. The molecule has 1 aliphatic rings. The van der Waals surface area contributed by atoms with Crippen LogP contribution in [0.15, 0.2) is 77.8 Å². The van der Waals surface area contributed by atoms with E-state index in [0.717, 1.165) is 22.3 Å². The molecule has 0 fully saturated rings. The quantitative estimate of drug-likeness (QED) is 0.133. The fourth-order valence-electron chi connectivity index (χ4n) is 4.94. The Bertz CT molecular complexity index is 1580. The van der Waals surface area contributed by atoms with E-state index in [4.69, 9.17) is 14.2 Å². The highest BCUT2D eigenvalue weighted by Crippen LogP contribution is 2.44. The molecule has 0 saturated carbocycles. The lowest BCUT2D eigenvalue weighted by Crippen LogP contribution is -2.47. The van der Waals surface area contributed by atoms with Crippen molar-refractivity contribution in [3.05, 3.63) is 89.5 Å². The summed E-state index contributed by atoms with van der Waals surface area (Å²) in [6.45, 7) is 10.2. The Labute approximate surface area is 273 Å². The number of nitrogens with zero attached hydrogens (tertiary/aromatic N) is 1. The van der Waals surface area contributed by atoms with Gasteiger partial charge in [0.2, 0.25) is 5.96 Å². The van der Waals surface area contributed by atoms with Crippen LogP contribution >= 0.6 is 0 Å². The molecule has 0 heterocycles. The van der Waals surface area contributed by atoms with E-state index in [1.165, 1.54) is 0 Å². The summed E-state index contributed by atoms with van der Waals surface area (Å²) in [4.78, 5) is 53.8. The zero-order valence-corrected chi connectivity index (χ0v) is 27.2. The number of hydrogen-bond acceptors (Lipinski definition) is 8. The number of fused-ring (bicyclic) bond motifs is 3. The number of carbonyl (C=O) groups is 4. The molecule has 1 atom stereocenters. The number of ether oxygens (including phenoxy) is 3. The highest BCUT2D eigenvalue weighted by atomic mass is 16.6. The third-order valence-electron chi connectivity index (χ3n) is 6.79. The number of amides is 3. The van der Waals surface area contributed by atoms with Crippen molar-refractivity contribution in [1.82, 2.24) is 16.0 Å². The van der Waals surface area contributed by atoms with E-state index in [-0.39, 0.29) is 24.9 Å². The first-order chi connectivity index (χ1) is 22.1. The zero-order valence-electron chi connectivity index (χ0n) is 27.2. The van der Waals surface area contributed by atoms with E-state index >= 15 is 0 Å². The molecule has 0 spiro atoms. The van der Waals surface area contributed by atoms with Crippen LogP contribution in [0.4, 0.5) is 20.1 Å². The number of rotatable bonds is 7. The Morgan fingerprint density at radius 2 is 1.23 bits per heavy atom. The van der Waals surface area contributed by atoms with Gasteiger partial charge in [-0.2, -0.15) is 0 Å². The summed E-state index contributed by atoms with van der Waals surface area (Å²) in [6.07, 6.45) is -2.56. The Balaban J connectivity index is 1.40. The number of guanidine groups is 1. The molecule has 0 radical (unpaired) electrons. The third-order valence-corrected chi connectivity index (χ3v) is 6.79. The maximum Gasteiger partial charge on any atom is 0.414 e. The lowest BCUT2D eigenvalue weighted by molar-refractivity contribution is -0.139. The normalized spacial score (nSPS) is 12.9. The van der Waals surface area contributed by atoms with Gasteiger partial charge in [0.05, 0.1) is 5.69 Å². The van der Waals surface area contributed by atoms with Crippen molar-refractivity contribution in [2.24, 2.45) is 4.99 Å². The van der Waals surface area contributed by atoms with Crippen molar-refractivity contribution >= 4 is 35.9 Å². The van der Waals surface area contributed by atoms with Crippen LogP contribution < -0.4 is 16.0 Å². The Hall–Kier alpha value is -5.39.